The van der Waals surface area contributed by atoms with Gasteiger partial charge in [-0.1, -0.05) is 32.9 Å². The molecule has 0 amide bonds. The Balaban J connectivity index is 1.99. The lowest BCUT2D eigenvalue weighted by atomic mass is 9.59. The van der Waals surface area contributed by atoms with E-state index in [9.17, 15) is 25.2 Å². The normalized spacial score (nSPS) is 53.2. The average molecular weight is 348 g/mol. The van der Waals surface area contributed by atoms with Gasteiger partial charge in [0.15, 0.2) is 5.78 Å². The fourth-order valence-corrected chi connectivity index (χ4v) is 6.43. The molecular formula is C20H28O5. The number of Topliss-reactive ketones (excluding diaryl/α,β-unsaturated/α-hetero) is 1. The SMILES string of the molecule is CC1=C[C@]23C(=O)[C@@H](C=C(CO)[C@@H](O)[C@]2(O)[C@H]1O)[C@H]1[C@H](C[C@H]3C)C1(C)C. The van der Waals surface area contributed by atoms with Crippen LogP contribution in [0, 0.1) is 34.5 Å². The van der Waals surface area contributed by atoms with Crippen LogP contribution in [0.3, 0.4) is 0 Å². The summed E-state index contributed by atoms with van der Waals surface area (Å²) in [6.45, 7) is 7.50. The van der Waals surface area contributed by atoms with Crippen molar-refractivity contribution in [2.24, 2.45) is 34.5 Å². The van der Waals surface area contributed by atoms with Gasteiger partial charge in [0.2, 0.25) is 0 Å². The number of carbonyl (C=O) groups excluding carboxylic acids is 1. The van der Waals surface area contributed by atoms with Crippen molar-refractivity contribution in [2.45, 2.75) is 51.9 Å². The molecule has 2 bridgehead atoms. The van der Waals surface area contributed by atoms with Crippen molar-refractivity contribution in [1.82, 2.24) is 0 Å². The highest BCUT2D eigenvalue weighted by atomic mass is 16.4. The topological polar surface area (TPSA) is 98.0 Å². The summed E-state index contributed by atoms with van der Waals surface area (Å²) in [5.74, 6) is -0.288. The van der Waals surface area contributed by atoms with E-state index in [0.717, 1.165) is 6.42 Å². The maximum absolute atomic E-state index is 13.7. The number of hydrogen-bond donors (Lipinski definition) is 4. The molecule has 138 valence electrons. The summed E-state index contributed by atoms with van der Waals surface area (Å²) in [6.07, 6.45) is 1.34. The van der Waals surface area contributed by atoms with Crippen LogP contribution in [0.15, 0.2) is 23.3 Å². The Labute approximate surface area is 148 Å². The van der Waals surface area contributed by atoms with E-state index in [4.69, 9.17) is 0 Å². The first-order chi connectivity index (χ1) is 11.5. The molecule has 2 fully saturated rings. The molecule has 0 aromatic rings. The Morgan fingerprint density at radius 1 is 1.24 bits per heavy atom. The van der Waals surface area contributed by atoms with E-state index in [1.54, 1.807) is 19.1 Å². The van der Waals surface area contributed by atoms with E-state index in [-0.39, 0.29) is 28.6 Å². The van der Waals surface area contributed by atoms with Crippen molar-refractivity contribution in [1.29, 1.82) is 0 Å². The fraction of sp³-hybridized carbons (Fsp3) is 0.750. The average Bonchev–Trinajstić information content (AvgIpc) is 3.05. The van der Waals surface area contributed by atoms with Gasteiger partial charge in [-0.15, -0.1) is 0 Å². The number of carbonyl (C=O) groups is 1. The largest absolute Gasteiger partial charge is 0.392 e. The zero-order valence-corrected chi connectivity index (χ0v) is 15.2. The highest BCUT2D eigenvalue weighted by Gasteiger charge is 2.75. The molecule has 4 aliphatic rings. The minimum Gasteiger partial charge on any atom is -0.392 e. The van der Waals surface area contributed by atoms with Gasteiger partial charge in [-0.3, -0.25) is 4.79 Å². The molecule has 8 atom stereocenters. The third-order valence-electron chi connectivity index (χ3n) is 7.93. The molecule has 4 aliphatic carbocycles. The van der Waals surface area contributed by atoms with E-state index in [1.165, 1.54) is 0 Å². The predicted molar refractivity (Wildman–Crippen MR) is 91.4 cm³/mol. The van der Waals surface area contributed by atoms with Crippen molar-refractivity contribution < 1.29 is 25.2 Å². The quantitative estimate of drug-likeness (QED) is 0.526. The standard InChI is InChI=1S/C20H28O5/c1-9-7-19-10(2)5-13-14(18(13,3)4)12(17(19)24)6-11(8-21)16(23)20(19,25)15(9)22/h6-7,10,12-16,21-23,25H,5,8H2,1-4H3/t10-,12+,13+,14+,15+,16-,19+,20-/m1/s1. The Morgan fingerprint density at radius 3 is 2.48 bits per heavy atom. The van der Waals surface area contributed by atoms with Crippen LogP contribution in [0.1, 0.15) is 34.1 Å². The van der Waals surface area contributed by atoms with E-state index in [1.807, 2.05) is 6.92 Å². The second kappa shape index (κ2) is 4.83. The van der Waals surface area contributed by atoms with Gasteiger partial charge in [0.1, 0.15) is 17.8 Å². The molecular weight excluding hydrogens is 320 g/mol. The minimum absolute atomic E-state index is 0.0245. The fourth-order valence-electron chi connectivity index (χ4n) is 6.43. The molecule has 0 unspecified atom stereocenters. The first-order valence-corrected chi connectivity index (χ1v) is 9.18. The second-order valence-electron chi connectivity index (χ2n) is 9.27. The van der Waals surface area contributed by atoms with Gasteiger partial charge < -0.3 is 20.4 Å². The molecule has 0 aromatic heterocycles. The highest BCUT2D eigenvalue weighted by molar-refractivity contribution is 5.95. The molecule has 5 nitrogen and oxygen atoms in total. The molecule has 4 N–H and O–H groups in total. The Bertz CT molecular complexity index is 707. The third kappa shape index (κ3) is 1.71. The van der Waals surface area contributed by atoms with Crippen molar-refractivity contribution in [3.63, 3.8) is 0 Å². The van der Waals surface area contributed by atoms with Gasteiger partial charge in [-0.05, 0) is 47.7 Å². The predicted octanol–water partition coefficient (Wildman–Crippen LogP) is 0.815. The molecule has 0 saturated heterocycles. The molecule has 0 radical (unpaired) electrons. The third-order valence-corrected chi connectivity index (χ3v) is 7.93. The van der Waals surface area contributed by atoms with Crippen LogP contribution in [0.2, 0.25) is 0 Å². The maximum Gasteiger partial charge on any atom is 0.153 e. The monoisotopic (exact) mass is 348 g/mol. The lowest BCUT2D eigenvalue weighted by Gasteiger charge is -2.48. The summed E-state index contributed by atoms with van der Waals surface area (Å²) >= 11 is 0. The number of allylic oxidation sites excluding steroid dienone is 1. The van der Waals surface area contributed by atoms with Crippen LogP contribution in [-0.2, 0) is 4.79 Å². The van der Waals surface area contributed by atoms with Crippen molar-refractivity contribution in [3.8, 4) is 0 Å². The van der Waals surface area contributed by atoms with Gasteiger partial charge in [0.05, 0.1) is 12.0 Å². The molecule has 1 spiro atoms. The summed E-state index contributed by atoms with van der Waals surface area (Å²) < 4.78 is 0. The number of aliphatic hydroxyl groups excluding tert-OH is 3. The summed E-state index contributed by atoms with van der Waals surface area (Å²) in [7, 11) is 0. The number of fused-ring (bicyclic) bond motifs is 3. The second-order valence-corrected chi connectivity index (χ2v) is 9.27. The highest BCUT2D eigenvalue weighted by Crippen LogP contribution is 2.71. The first kappa shape index (κ1) is 17.4. The summed E-state index contributed by atoms with van der Waals surface area (Å²) in [6, 6.07) is 0. The number of hydrogen-bond acceptors (Lipinski definition) is 5. The summed E-state index contributed by atoms with van der Waals surface area (Å²) in [5.41, 5.74) is -2.58. The Kier molecular flexibility index (Phi) is 3.36. The van der Waals surface area contributed by atoms with Gasteiger partial charge >= 0.3 is 0 Å². The van der Waals surface area contributed by atoms with Crippen molar-refractivity contribution in [3.05, 3.63) is 23.3 Å². The molecule has 0 heterocycles. The minimum atomic E-state index is -2.03. The Hall–Kier alpha value is -1.01. The van der Waals surface area contributed by atoms with Crippen molar-refractivity contribution >= 4 is 5.78 Å². The lowest BCUT2D eigenvalue weighted by molar-refractivity contribution is -0.190. The van der Waals surface area contributed by atoms with E-state index >= 15 is 0 Å². The number of aliphatic hydroxyl groups is 4. The van der Waals surface area contributed by atoms with E-state index in [2.05, 4.69) is 13.8 Å². The van der Waals surface area contributed by atoms with Crippen LogP contribution in [0.25, 0.3) is 0 Å². The van der Waals surface area contributed by atoms with Crippen LogP contribution < -0.4 is 0 Å². The molecule has 2 saturated carbocycles. The van der Waals surface area contributed by atoms with Gasteiger partial charge in [0, 0.05) is 5.92 Å². The molecule has 4 rings (SSSR count). The van der Waals surface area contributed by atoms with Crippen molar-refractivity contribution in [2.75, 3.05) is 6.61 Å². The molecule has 0 aliphatic heterocycles. The van der Waals surface area contributed by atoms with Gasteiger partial charge in [-0.25, -0.2) is 0 Å². The maximum atomic E-state index is 13.7. The Morgan fingerprint density at radius 2 is 1.88 bits per heavy atom. The van der Waals surface area contributed by atoms with Crippen LogP contribution in [0.5, 0.6) is 0 Å². The zero-order valence-electron chi connectivity index (χ0n) is 15.2. The zero-order chi connectivity index (χ0) is 18.5. The molecule has 0 aromatic carbocycles. The summed E-state index contributed by atoms with van der Waals surface area (Å²) in [4.78, 5) is 13.7. The molecule has 5 heteroatoms. The van der Waals surface area contributed by atoms with Crippen LogP contribution in [-0.4, -0.2) is 50.6 Å². The lowest BCUT2D eigenvalue weighted by Crippen LogP contribution is -2.65. The first-order valence-electron chi connectivity index (χ1n) is 9.18. The smallest absolute Gasteiger partial charge is 0.153 e. The van der Waals surface area contributed by atoms with Gasteiger partial charge in [-0.2, -0.15) is 0 Å². The van der Waals surface area contributed by atoms with Crippen LogP contribution in [0.4, 0.5) is 0 Å². The van der Waals surface area contributed by atoms with Crippen LogP contribution >= 0.6 is 0 Å². The van der Waals surface area contributed by atoms with E-state index < -0.39 is 35.7 Å². The summed E-state index contributed by atoms with van der Waals surface area (Å²) in [5, 5.41) is 43.0. The number of rotatable bonds is 1. The van der Waals surface area contributed by atoms with E-state index in [0.29, 0.717) is 11.5 Å². The number of ketones is 1. The molecule has 25 heavy (non-hydrogen) atoms. The van der Waals surface area contributed by atoms with Gasteiger partial charge in [0.25, 0.3) is 0 Å².